The van der Waals surface area contributed by atoms with Crippen LogP contribution < -0.4 is 10.6 Å². The number of urea groups is 1. The maximum Gasteiger partial charge on any atom is 0.325 e. The van der Waals surface area contributed by atoms with Crippen molar-refractivity contribution >= 4 is 55.7 Å². The average molecular weight is 333 g/mol. The minimum Gasteiger partial charge on any atom is -0.351 e. The number of benzene rings is 1. The van der Waals surface area contributed by atoms with Gasteiger partial charge in [0.1, 0.15) is 0 Å². The van der Waals surface area contributed by atoms with Crippen molar-refractivity contribution < 1.29 is 4.79 Å². The molecular formula is C10H7BrClN3OS. The predicted octanol–water partition coefficient (Wildman–Crippen LogP) is 3.78. The zero-order chi connectivity index (χ0) is 12.4. The first kappa shape index (κ1) is 12.3. The van der Waals surface area contributed by atoms with Crippen LogP contribution in [0.15, 0.2) is 34.2 Å². The van der Waals surface area contributed by atoms with Gasteiger partial charge in [0.2, 0.25) is 0 Å². The van der Waals surface area contributed by atoms with Crippen LogP contribution in [0.2, 0.25) is 5.02 Å². The summed E-state index contributed by atoms with van der Waals surface area (Å²) in [6.45, 7) is 0. The van der Waals surface area contributed by atoms with Crippen molar-refractivity contribution in [3.8, 4) is 0 Å². The SMILES string of the molecule is NC(=O)N(c1ccc(Cl)cc1)c1ncc(Br)s1. The number of rotatable bonds is 2. The zero-order valence-electron chi connectivity index (χ0n) is 8.43. The van der Waals surface area contributed by atoms with Crippen LogP contribution in [-0.4, -0.2) is 11.0 Å². The molecule has 2 amide bonds. The predicted molar refractivity (Wildman–Crippen MR) is 73.0 cm³/mol. The second-order valence-corrected chi connectivity index (χ2v) is 5.92. The van der Waals surface area contributed by atoms with Crippen molar-refractivity contribution in [1.29, 1.82) is 0 Å². The van der Waals surface area contributed by atoms with Crippen LogP contribution >= 0.6 is 38.9 Å². The smallest absolute Gasteiger partial charge is 0.325 e. The summed E-state index contributed by atoms with van der Waals surface area (Å²) in [6, 6.07) is 6.21. The number of primary amides is 1. The molecule has 0 fully saturated rings. The minimum atomic E-state index is -0.589. The summed E-state index contributed by atoms with van der Waals surface area (Å²) in [4.78, 5) is 16.9. The van der Waals surface area contributed by atoms with Crippen LogP contribution in [0.3, 0.4) is 0 Å². The number of hydrogen-bond acceptors (Lipinski definition) is 3. The first-order chi connectivity index (χ1) is 8.08. The Morgan fingerprint density at radius 2 is 2.06 bits per heavy atom. The lowest BCUT2D eigenvalue weighted by molar-refractivity contribution is 0.256. The molecule has 7 heteroatoms. The Labute approximate surface area is 115 Å². The van der Waals surface area contributed by atoms with Crippen LogP contribution in [-0.2, 0) is 0 Å². The Kier molecular flexibility index (Phi) is 3.66. The molecule has 0 aliphatic heterocycles. The van der Waals surface area contributed by atoms with Gasteiger partial charge in [-0.05, 0) is 40.2 Å². The fourth-order valence-corrected chi connectivity index (χ4v) is 2.61. The number of halogens is 2. The Morgan fingerprint density at radius 1 is 1.41 bits per heavy atom. The zero-order valence-corrected chi connectivity index (χ0v) is 11.6. The molecule has 2 aromatic rings. The third-order valence-electron chi connectivity index (χ3n) is 1.96. The van der Waals surface area contributed by atoms with E-state index in [1.54, 1.807) is 30.5 Å². The molecule has 1 aromatic carbocycles. The number of amides is 2. The highest BCUT2D eigenvalue weighted by molar-refractivity contribution is 9.11. The third kappa shape index (κ3) is 2.77. The van der Waals surface area contributed by atoms with E-state index in [-0.39, 0.29) is 0 Å². The Hall–Kier alpha value is -1.11. The van der Waals surface area contributed by atoms with Crippen molar-refractivity contribution in [2.24, 2.45) is 5.73 Å². The number of carbonyl (C=O) groups excluding carboxylic acids is 1. The molecule has 4 nitrogen and oxygen atoms in total. The minimum absolute atomic E-state index is 0.506. The van der Waals surface area contributed by atoms with Crippen molar-refractivity contribution in [1.82, 2.24) is 4.98 Å². The quantitative estimate of drug-likeness (QED) is 0.910. The molecule has 0 aliphatic carbocycles. The summed E-state index contributed by atoms with van der Waals surface area (Å²) in [5.74, 6) is 0. The summed E-state index contributed by atoms with van der Waals surface area (Å²) >= 11 is 10.4. The molecule has 0 spiro atoms. The maximum absolute atomic E-state index is 11.5. The fourth-order valence-electron chi connectivity index (χ4n) is 1.27. The second kappa shape index (κ2) is 5.03. The first-order valence-corrected chi connectivity index (χ1v) is 6.53. The van der Waals surface area contributed by atoms with E-state index in [1.165, 1.54) is 16.2 Å². The number of anilines is 2. The van der Waals surface area contributed by atoms with Crippen molar-refractivity contribution in [2.45, 2.75) is 0 Å². The van der Waals surface area contributed by atoms with Crippen molar-refractivity contribution in [3.63, 3.8) is 0 Å². The maximum atomic E-state index is 11.5. The van der Waals surface area contributed by atoms with Crippen molar-refractivity contribution in [2.75, 3.05) is 4.90 Å². The van der Waals surface area contributed by atoms with E-state index in [9.17, 15) is 4.79 Å². The number of nitrogens with two attached hydrogens (primary N) is 1. The van der Waals surface area contributed by atoms with Gasteiger partial charge in [-0.3, -0.25) is 0 Å². The molecule has 0 saturated heterocycles. The number of thiazole rings is 1. The Bertz CT molecular complexity index is 543. The first-order valence-electron chi connectivity index (χ1n) is 4.54. The van der Waals surface area contributed by atoms with Crippen LogP contribution in [0.4, 0.5) is 15.6 Å². The van der Waals surface area contributed by atoms with Gasteiger partial charge in [-0.1, -0.05) is 22.9 Å². The van der Waals surface area contributed by atoms with Gasteiger partial charge >= 0.3 is 6.03 Å². The molecular weight excluding hydrogens is 326 g/mol. The highest BCUT2D eigenvalue weighted by atomic mass is 79.9. The summed E-state index contributed by atoms with van der Waals surface area (Å²) in [5.41, 5.74) is 5.98. The molecule has 1 aromatic heterocycles. The largest absolute Gasteiger partial charge is 0.351 e. The highest BCUT2D eigenvalue weighted by Gasteiger charge is 2.18. The molecule has 17 heavy (non-hydrogen) atoms. The van der Waals surface area contributed by atoms with Gasteiger partial charge in [-0.15, -0.1) is 0 Å². The lowest BCUT2D eigenvalue weighted by Crippen LogP contribution is -2.31. The lowest BCUT2D eigenvalue weighted by Gasteiger charge is -2.16. The highest BCUT2D eigenvalue weighted by Crippen LogP contribution is 2.32. The van der Waals surface area contributed by atoms with Gasteiger partial charge in [0.25, 0.3) is 0 Å². The van der Waals surface area contributed by atoms with Gasteiger partial charge in [0.15, 0.2) is 5.13 Å². The average Bonchev–Trinajstić information content (AvgIpc) is 2.68. The number of nitrogens with zero attached hydrogens (tertiary/aromatic N) is 2. The van der Waals surface area contributed by atoms with E-state index in [4.69, 9.17) is 17.3 Å². The Morgan fingerprint density at radius 3 is 2.53 bits per heavy atom. The van der Waals surface area contributed by atoms with Gasteiger partial charge in [0, 0.05) is 5.02 Å². The summed E-state index contributed by atoms with van der Waals surface area (Å²) in [6.07, 6.45) is 1.62. The number of carbonyl (C=O) groups is 1. The molecule has 0 bridgehead atoms. The van der Waals surface area contributed by atoms with Crippen molar-refractivity contribution in [3.05, 3.63) is 39.3 Å². The van der Waals surface area contributed by atoms with Crippen LogP contribution in [0.25, 0.3) is 0 Å². The normalized spacial score (nSPS) is 10.2. The van der Waals surface area contributed by atoms with Crippen LogP contribution in [0, 0.1) is 0 Å². The molecule has 0 atom stereocenters. The fraction of sp³-hybridized carbons (Fsp3) is 0. The number of aromatic nitrogens is 1. The van der Waals surface area contributed by atoms with E-state index in [1.807, 2.05) is 0 Å². The molecule has 0 radical (unpaired) electrons. The lowest BCUT2D eigenvalue weighted by atomic mass is 10.3. The van der Waals surface area contributed by atoms with E-state index in [2.05, 4.69) is 20.9 Å². The molecule has 0 aliphatic rings. The van der Waals surface area contributed by atoms with Crippen LogP contribution in [0.5, 0.6) is 0 Å². The summed E-state index contributed by atoms with van der Waals surface area (Å²) in [7, 11) is 0. The molecule has 1 heterocycles. The number of hydrogen-bond donors (Lipinski definition) is 1. The van der Waals surface area contributed by atoms with Gasteiger partial charge in [-0.25, -0.2) is 14.7 Å². The summed E-state index contributed by atoms with van der Waals surface area (Å²) in [5, 5.41) is 1.10. The van der Waals surface area contributed by atoms with Gasteiger partial charge < -0.3 is 5.73 Å². The monoisotopic (exact) mass is 331 g/mol. The third-order valence-corrected chi connectivity index (χ3v) is 3.68. The van der Waals surface area contributed by atoms with E-state index in [0.717, 1.165) is 3.79 Å². The molecule has 2 rings (SSSR count). The molecule has 88 valence electrons. The van der Waals surface area contributed by atoms with Crippen LogP contribution in [0.1, 0.15) is 0 Å². The second-order valence-electron chi connectivity index (χ2n) is 3.10. The topological polar surface area (TPSA) is 59.2 Å². The van der Waals surface area contributed by atoms with E-state index >= 15 is 0 Å². The molecule has 0 saturated carbocycles. The molecule has 2 N–H and O–H groups in total. The van der Waals surface area contributed by atoms with E-state index in [0.29, 0.717) is 15.8 Å². The standard InChI is InChI=1S/C10H7BrClN3OS/c11-8-5-14-10(17-8)15(9(13)16)7-3-1-6(12)2-4-7/h1-5H,(H2,13,16). The van der Waals surface area contributed by atoms with E-state index < -0.39 is 6.03 Å². The summed E-state index contributed by atoms with van der Waals surface area (Å²) < 4.78 is 0.827. The van der Waals surface area contributed by atoms with Gasteiger partial charge in [0.05, 0.1) is 15.7 Å². The Balaban J connectivity index is 2.42. The van der Waals surface area contributed by atoms with Gasteiger partial charge in [-0.2, -0.15) is 0 Å². The molecule has 0 unspecified atom stereocenters.